The van der Waals surface area contributed by atoms with Crippen LogP contribution in [0.3, 0.4) is 0 Å². The molecule has 7 heteroatoms. The van der Waals surface area contributed by atoms with E-state index < -0.39 is 11.9 Å². The third kappa shape index (κ3) is 5.90. The zero-order valence-corrected chi connectivity index (χ0v) is 20.1. The van der Waals surface area contributed by atoms with Crippen molar-refractivity contribution in [2.45, 2.75) is 6.61 Å². The van der Waals surface area contributed by atoms with Gasteiger partial charge in [-0.05, 0) is 70.4 Å². The summed E-state index contributed by atoms with van der Waals surface area (Å²) in [5.74, 6) is -0.571. The van der Waals surface area contributed by atoms with Gasteiger partial charge in [0.05, 0.1) is 17.7 Å². The average molecular weight is 497 g/mol. The Morgan fingerprint density at radius 2 is 1.72 bits per heavy atom. The van der Waals surface area contributed by atoms with Crippen molar-refractivity contribution < 1.29 is 19.1 Å². The number of nitrogens with one attached hydrogen (secondary N) is 1. The number of fused-ring (bicyclic) bond motifs is 1. The quantitative estimate of drug-likeness (QED) is 0.181. The number of anilines is 1. The van der Waals surface area contributed by atoms with Gasteiger partial charge >= 0.3 is 5.97 Å². The first kappa shape index (κ1) is 24.5. The molecule has 1 amide bonds. The molecule has 0 atom stereocenters. The Morgan fingerprint density at radius 3 is 2.42 bits per heavy atom. The predicted octanol–water partition coefficient (Wildman–Crippen LogP) is 6.40. The van der Waals surface area contributed by atoms with Crippen LogP contribution in [-0.4, -0.2) is 19.0 Å². The van der Waals surface area contributed by atoms with Crippen molar-refractivity contribution in [2.24, 2.45) is 0 Å². The number of hydrogen-bond acceptors (Lipinski definition) is 5. The number of nitriles is 1. The average Bonchev–Trinajstić information content (AvgIpc) is 2.91. The summed E-state index contributed by atoms with van der Waals surface area (Å²) in [5.41, 5.74) is 2.27. The van der Waals surface area contributed by atoms with E-state index in [4.69, 9.17) is 16.3 Å². The van der Waals surface area contributed by atoms with Gasteiger partial charge in [-0.2, -0.15) is 5.26 Å². The number of methoxy groups -OCH3 is 1. The molecular weight excluding hydrogens is 476 g/mol. The maximum Gasteiger partial charge on any atom is 0.337 e. The summed E-state index contributed by atoms with van der Waals surface area (Å²) in [6, 6.07) is 27.3. The topological polar surface area (TPSA) is 88.4 Å². The maximum atomic E-state index is 12.6. The molecule has 1 N–H and O–H groups in total. The number of ether oxygens (including phenoxy) is 2. The van der Waals surface area contributed by atoms with Crippen LogP contribution in [0, 0.1) is 11.3 Å². The van der Waals surface area contributed by atoms with Gasteiger partial charge in [0.2, 0.25) is 0 Å². The van der Waals surface area contributed by atoms with Gasteiger partial charge in [-0.15, -0.1) is 0 Å². The van der Waals surface area contributed by atoms with Gasteiger partial charge in [-0.3, -0.25) is 4.79 Å². The van der Waals surface area contributed by atoms with Crippen molar-refractivity contribution in [3.05, 3.63) is 112 Å². The van der Waals surface area contributed by atoms with Crippen molar-refractivity contribution in [1.29, 1.82) is 5.26 Å². The fourth-order valence-corrected chi connectivity index (χ4v) is 3.78. The molecule has 0 spiro atoms. The third-order valence-electron chi connectivity index (χ3n) is 5.40. The largest absolute Gasteiger partial charge is 0.487 e. The molecule has 0 aromatic heterocycles. The summed E-state index contributed by atoms with van der Waals surface area (Å²) in [6.45, 7) is 0.348. The number of carbonyl (C=O) groups excluding carboxylic acids is 2. The van der Waals surface area contributed by atoms with Crippen LogP contribution >= 0.6 is 11.6 Å². The maximum absolute atomic E-state index is 12.6. The number of esters is 1. The predicted molar refractivity (Wildman–Crippen MR) is 140 cm³/mol. The molecule has 36 heavy (non-hydrogen) atoms. The number of carbonyl (C=O) groups is 2. The van der Waals surface area contributed by atoms with Gasteiger partial charge < -0.3 is 14.8 Å². The molecule has 0 heterocycles. The van der Waals surface area contributed by atoms with Crippen LogP contribution in [-0.2, 0) is 16.1 Å². The second-order valence-corrected chi connectivity index (χ2v) is 8.26. The lowest BCUT2D eigenvalue weighted by Gasteiger charge is -2.10. The molecule has 0 radical (unpaired) electrons. The fraction of sp³-hybridized carbons (Fsp3) is 0.0690. The van der Waals surface area contributed by atoms with Gasteiger partial charge in [0.15, 0.2) is 0 Å². The Morgan fingerprint density at radius 1 is 0.972 bits per heavy atom. The Kier molecular flexibility index (Phi) is 7.64. The zero-order valence-electron chi connectivity index (χ0n) is 19.3. The van der Waals surface area contributed by atoms with E-state index in [9.17, 15) is 14.9 Å². The molecule has 4 aromatic carbocycles. The normalized spacial score (nSPS) is 11.0. The van der Waals surface area contributed by atoms with Crippen LogP contribution < -0.4 is 10.1 Å². The Bertz CT molecular complexity index is 1500. The van der Waals surface area contributed by atoms with Gasteiger partial charge in [-0.1, -0.05) is 54.1 Å². The van der Waals surface area contributed by atoms with Gasteiger partial charge in [0, 0.05) is 5.69 Å². The number of benzene rings is 4. The zero-order chi connectivity index (χ0) is 25.5. The highest BCUT2D eigenvalue weighted by atomic mass is 35.5. The highest BCUT2D eigenvalue weighted by Gasteiger charge is 2.12. The highest BCUT2D eigenvalue weighted by Crippen LogP contribution is 2.28. The standard InChI is InChI=1S/C29H21ClN2O4/c1-35-29(34)22-9-11-25(12-10-22)32-28(33)24(17-31)14-19-7-13-27(26(30)16-19)36-18-20-6-8-21-4-2-3-5-23(21)15-20/h2-16H,18H2,1H3,(H,32,33)/b24-14+. The van der Waals surface area contributed by atoms with Crippen LogP contribution in [0.15, 0.2) is 90.5 Å². The second-order valence-electron chi connectivity index (χ2n) is 7.85. The van der Waals surface area contributed by atoms with E-state index in [0.29, 0.717) is 34.2 Å². The Labute approximate surface area is 213 Å². The summed E-state index contributed by atoms with van der Waals surface area (Å²) in [6.07, 6.45) is 1.44. The van der Waals surface area contributed by atoms with Gasteiger partial charge in [0.1, 0.15) is 24.0 Å². The van der Waals surface area contributed by atoms with Crippen molar-refractivity contribution >= 4 is 46.0 Å². The lowest BCUT2D eigenvalue weighted by atomic mass is 10.1. The van der Waals surface area contributed by atoms with E-state index in [2.05, 4.69) is 22.2 Å². The molecule has 6 nitrogen and oxygen atoms in total. The van der Waals surface area contributed by atoms with Crippen molar-refractivity contribution in [3.8, 4) is 11.8 Å². The third-order valence-corrected chi connectivity index (χ3v) is 5.70. The summed E-state index contributed by atoms with van der Waals surface area (Å²) in [5, 5.41) is 14.8. The lowest BCUT2D eigenvalue weighted by molar-refractivity contribution is -0.112. The minimum atomic E-state index is -0.587. The Hall–Kier alpha value is -4.60. The second kappa shape index (κ2) is 11.2. The molecular formula is C29H21ClN2O4. The monoisotopic (exact) mass is 496 g/mol. The van der Waals surface area contributed by atoms with E-state index in [1.807, 2.05) is 36.4 Å². The molecule has 4 aromatic rings. The minimum absolute atomic E-state index is 0.104. The van der Waals surface area contributed by atoms with Crippen LogP contribution in [0.2, 0.25) is 5.02 Å². The SMILES string of the molecule is COC(=O)c1ccc(NC(=O)/C(C#N)=C/c2ccc(OCc3ccc4ccccc4c3)c(Cl)c2)cc1. The van der Waals surface area contributed by atoms with E-state index >= 15 is 0 Å². The van der Waals surface area contributed by atoms with E-state index in [1.165, 1.54) is 25.3 Å². The number of amides is 1. The fourth-order valence-electron chi connectivity index (χ4n) is 3.53. The summed E-state index contributed by atoms with van der Waals surface area (Å²) >= 11 is 6.40. The number of hydrogen-bond donors (Lipinski definition) is 1. The summed E-state index contributed by atoms with van der Waals surface area (Å²) in [7, 11) is 1.29. The molecule has 4 rings (SSSR count). The molecule has 0 aliphatic carbocycles. The van der Waals surface area contributed by atoms with E-state index in [1.54, 1.807) is 30.3 Å². The molecule has 0 saturated carbocycles. The van der Waals surface area contributed by atoms with Crippen molar-refractivity contribution in [2.75, 3.05) is 12.4 Å². The first-order valence-electron chi connectivity index (χ1n) is 11.0. The van der Waals surface area contributed by atoms with Crippen molar-refractivity contribution in [3.63, 3.8) is 0 Å². The molecule has 0 fully saturated rings. The van der Waals surface area contributed by atoms with Gasteiger partial charge in [0.25, 0.3) is 5.91 Å². The van der Waals surface area contributed by atoms with Crippen LogP contribution in [0.5, 0.6) is 5.75 Å². The van der Waals surface area contributed by atoms with Crippen LogP contribution in [0.1, 0.15) is 21.5 Å². The number of rotatable bonds is 7. The molecule has 178 valence electrons. The molecule has 0 aliphatic heterocycles. The van der Waals surface area contributed by atoms with Crippen LogP contribution in [0.25, 0.3) is 16.8 Å². The Balaban J connectivity index is 1.42. The first-order valence-corrected chi connectivity index (χ1v) is 11.4. The van der Waals surface area contributed by atoms with E-state index in [0.717, 1.165) is 16.3 Å². The number of nitrogens with zero attached hydrogens (tertiary/aromatic N) is 1. The summed E-state index contributed by atoms with van der Waals surface area (Å²) in [4.78, 5) is 24.1. The molecule has 0 unspecified atom stereocenters. The lowest BCUT2D eigenvalue weighted by Crippen LogP contribution is -2.13. The minimum Gasteiger partial charge on any atom is -0.487 e. The van der Waals surface area contributed by atoms with Crippen LogP contribution in [0.4, 0.5) is 5.69 Å². The van der Waals surface area contributed by atoms with E-state index in [-0.39, 0.29) is 5.57 Å². The molecule has 0 aliphatic rings. The van der Waals surface area contributed by atoms with Gasteiger partial charge in [-0.25, -0.2) is 4.79 Å². The van der Waals surface area contributed by atoms with Crippen molar-refractivity contribution in [1.82, 2.24) is 0 Å². The smallest absolute Gasteiger partial charge is 0.337 e. The highest BCUT2D eigenvalue weighted by molar-refractivity contribution is 6.32. The molecule has 0 bridgehead atoms. The first-order chi connectivity index (χ1) is 17.5. The number of halogens is 1. The summed E-state index contributed by atoms with van der Waals surface area (Å²) < 4.78 is 10.5. The molecule has 0 saturated heterocycles.